The van der Waals surface area contributed by atoms with Gasteiger partial charge in [-0.25, -0.2) is 0 Å². The van der Waals surface area contributed by atoms with Crippen molar-refractivity contribution in [2.24, 2.45) is 0 Å². The Bertz CT molecular complexity index is 888. The highest BCUT2D eigenvalue weighted by atomic mass is 127. The van der Waals surface area contributed by atoms with Crippen molar-refractivity contribution in [2.75, 3.05) is 5.32 Å². The lowest BCUT2D eigenvalue weighted by atomic mass is 9.86. The number of halogens is 1. The molecule has 0 bridgehead atoms. The Hall–Kier alpha value is -2.21. The van der Waals surface area contributed by atoms with Crippen molar-refractivity contribution in [3.05, 3.63) is 86.1 Å². The predicted molar refractivity (Wildman–Crippen MR) is 104 cm³/mol. The number of fused-ring (bicyclic) bond motifs is 1. The molecule has 0 spiro atoms. The van der Waals surface area contributed by atoms with Gasteiger partial charge in [-0.15, -0.1) is 0 Å². The van der Waals surface area contributed by atoms with Gasteiger partial charge in [0.25, 0.3) is 0 Å². The highest BCUT2D eigenvalue weighted by molar-refractivity contribution is 14.1. The van der Waals surface area contributed by atoms with E-state index in [1.54, 1.807) is 30.3 Å². The van der Waals surface area contributed by atoms with Crippen molar-refractivity contribution < 1.29 is 9.59 Å². The summed E-state index contributed by atoms with van der Waals surface area (Å²) in [4.78, 5) is 25.8. The molecule has 0 saturated carbocycles. The van der Waals surface area contributed by atoms with Crippen LogP contribution in [0.15, 0.2) is 71.5 Å². The summed E-state index contributed by atoms with van der Waals surface area (Å²) in [7, 11) is 0. The molecule has 2 aromatic carbocycles. The SMILES string of the molecule is CC(C)=CC1=C(Nc2ccc(I)cc2)C(=O)c2ccccc2C1=O. The van der Waals surface area contributed by atoms with Crippen LogP contribution < -0.4 is 5.32 Å². The molecule has 0 aromatic heterocycles. The van der Waals surface area contributed by atoms with Gasteiger partial charge in [0.05, 0.1) is 11.3 Å². The van der Waals surface area contributed by atoms with E-state index in [0.717, 1.165) is 14.8 Å². The van der Waals surface area contributed by atoms with Gasteiger partial charge in [0.15, 0.2) is 5.78 Å². The molecule has 0 fully saturated rings. The summed E-state index contributed by atoms with van der Waals surface area (Å²) in [6, 6.07) is 14.7. The fraction of sp³-hybridized carbons (Fsp3) is 0.100. The summed E-state index contributed by atoms with van der Waals surface area (Å²) < 4.78 is 1.10. The van der Waals surface area contributed by atoms with Gasteiger partial charge in [-0.05, 0) is 60.7 Å². The number of hydrogen-bond donors (Lipinski definition) is 1. The van der Waals surface area contributed by atoms with Crippen LogP contribution in [0.3, 0.4) is 0 Å². The van der Waals surface area contributed by atoms with E-state index in [4.69, 9.17) is 0 Å². The van der Waals surface area contributed by atoms with Crippen molar-refractivity contribution in [1.29, 1.82) is 0 Å². The van der Waals surface area contributed by atoms with Gasteiger partial charge in [-0.3, -0.25) is 9.59 Å². The Morgan fingerprint density at radius 1 is 0.917 bits per heavy atom. The van der Waals surface area contributed by atoms with Gasteiger partial charge in [-0.1, -0.05) is 35.9 Å². The van der Waals surface area contributed by atoms with E-state index >= 15 is 0 Å². The minimum atomic E-state index is -0.156. The number of carbonyl (C=O) groups excluding carboxylic acids is 2. The summed E-state index contributed by atoms with van der Waals surface area (Å²) in [6.45, 7) is 3.82. The quantitative estimate of drug-likeness (QED) is 0.699. The van der Waals surface area contributed by atoms with Crippen LogP contribution in [0.5, 0.6) is 0 Å². The molecule has 0 unspecified atom stereocenters. The Labute approximate surface area is 154 Å². The Balaban J connectivity index is 2.13. The van der Waals surface area contributed by atoms with E-state index in [-0.39, 0.29) is 11.6 Å². The first kappa shape index (κ1) is 16.6. The summed E-state index contributed by atoms with van der Waals surface area (Å²) in [6.07, 6.45) is 1.77. The van der Waals surface area contributed by atoms with Crippen LogP contribution in [0, 0.1) is 3.57 Å². The van der Waals surface area contributed by atoms with Crippen LogP contribution in [0.25, 0.3) is 0 Å². The highest BCUT2D eigenvalue weighted by Gasteiger charge is 2.31. The van der Waals surface area contributed by atoms with E-state index in [1.165, 1.54) is 0 Å². The second-order valence-corrected chi connectivity index (χ2v) is 7.09. The number of ketones is 2. The molecular weight excluding hydrogens is 413 g/mol. The fourth-order valence-corrected chi connectivity index (χ4v) is 2.98. The minimum absolute atomic E-state index is 0.126. The third-order valence-corrected chi connectivity index (χ3v) is 4.42. The maximum atomic E-state index is 12.9. The number of rotatable bonds is 3. The number of allylic oxidation sites excluding steroid dienone is 4. The second-order valence-electron chi connectivity index (χ2n) is 5.85. The number of hydrogen-bond acceptors (Lipinski definition) is 3. The zero-order valence-electron chi connectivity index (χ0n) is 13.4. The van der Waals surface area contributed by atoms with Crippen LogP contribution in [0.4, 0.5) is 5.69 Å². The first-order valence-corrected chi connectivity index (χ1v) is 8.65. The third kappa shape index (κ3) is 3.19. The number of carbonyl (C=O) groups is 2. The van der Waals surface area contributed by atoms with Gasteiger partial charge in [0.2, 0.25) is 5.78 Å². The molecular formula is C20H16INO2. The van der Waals surface area contributed by atoms with Crippen LogP contribution in [0.2, 0.25) is 0 Å². The monoisotopic (exact) mass is 429 g/mol. The van der Waals surface area contributed by atoms with E-state index < -0.39 is 0 Å². The average Bonchev–Trinajstić information content (AvgIpc) is 2.57. The van der Waals surface area contributed by atoms with Crippen molar-refractivity contribution in [3.8, 4) is 0 Å². The zero-order chi connectivity index (χ0) is 17.3. The molecule has 0 amide bonds. The standard InChI is InChI=1S/C20H16INO2/c1-12(2)11-17-18(22-14-9-7-13(21)8-10-14)20(24)16-6-4-3-5-15(16)19(17)23/h3-11,22H,1-2H3. The molecule has 0 saturated heterocycles. The minimum Gasteiger partial charge on any atom is -0.352 e. The number of nitrogens with one attached hydrogen (secondary N) is 1. The summed E-state index contributed by atoms with van der Waals surface area (Å²) in [5, 5.41) is 3.15. The molecule has 0 radical (unpaired) electrons. The number of anilines is 1. The number of benzene rings is 2. The topological polar surface area (TPSA) is 46.2 Å². The Kier molecular flexibility index (Phi) is 4.66. The Morgan fingerprint density at radius 3 is 2.08 bits per heavy atom. The molecule has 24 heavy (non-hydrogen) atoms. The van der Waals surface area contributed by atoms with Gasteiger partial charge >= 0.3 is 0 Å². The molecule has 4 heteroatoms. The van der Waals surface area contributed by atoms with Gasteiger partial charge in [0, 0.05) is 20.4 Å². The zero-order valence-corrected chi connectivity index (χ0v) is 15.5. The van der Waals surface area contributed by atoms with E-state index in [0.29, 0.717) is 22.4 Å². The molecule has 1 N–H and O–H groups in total. The van der Waals surface area contributed by atoms with Crippen LogP contribution >= 0.6 is 22.6 Å². The first-order valence-electron chi connectivity index (χ1n) is 7.57. The van der Waals surface area contributed by atoms with Gasteiger partial charge in [0.1, 0.15) is 0 Å². The molecule has 1 aliphatic rings. The summed E-state index contributed by atoms with van der Waals surface area (Å²) in [5.41, 5.74) is 3.40. The maximum Gasteiger partial charge on any atom is 0.210 e. The molecule has 0 aliphatic heterocycles. The fourth-order valence-electron chi connectivity index (χ4n) is 2.62. The molecule has 120 valence electrons. The summed E-state index contributed by atoms with van der Waals surface area (Å²) in [5.74, 6) is -0.282. The van der Waals surface area contributed by atoms with E-state index in [2.05, 4.69) is 27.9 Å². The molecule has 3 rings (SSSR count). The van der Waals surface area contributed by atoms with Gasteiger partial charge in [-0.2, -0.15) is 0 Å². The Morgan fingerprint density at radius 2 is 1.50 bits per heavy atom. The lowest BCUT2D eigenvalue weighted by Gasteiger charge is -2.21. The van der Waals surface area contributed by atoms with Crippen molar-refractivity contribution in [3.63, 3.8) is 0 Å². The first-order chi connectivity index (χ1) is 11.5. The van der Waals surface area contributed by atoms with Crippen LogP contribution in [-0.4, -0.2) is 11.6 Å². The second kappa shape index (κ2) is 6.73. The van der Waals surface area contributed by atoms with Gasteiger partial charge < -0.3 is 5.32 Å². The average molecular weight is 429 g/mol. The maximum absolute atomic E-state index is 12.9. The predicted octanol–water partition coefficient (Wildman–Crippen LogP) is 5.00. The van der Waals surface area contributed by atoms with Crippen molar-refractivity contribution in [2.45, 2.75) is 13.8 Å². The lowest BCUT2D eigenvalue weighted by Crippen LogP contribution is -2.25. The highest BCUT2D eigenvalue weighted by Crippen LogP contribution is 2.29. The van der Waals surface area contributed by atoms with E-state index in [9.17, 15) is 9.59 Å². The smallest absolute Gasteiger partial charge is 0.210 e. The number of Topliss-reactive ketones (excluding diaryl/α,β-unsaturated/α-hetero) is 2. The molecule has 0 heterocycles. The van der Waals surface area contributed by atoms with Crippen molar-refractivity contribution in [1.82, 2.24) is 0 Å². The van der Waals surface area contributed by atoms with E-state index in [1.807, 2.05) is 38.1 Å². The largest absolute Gasteiger partial charge is 0.352 e. The molecule has 1 aliphatic carbocycles. The van der Waals surface area contributed by atoms with Crippen molar-refractivity contribution >= 4 is 39.8 Å². The molecule has 3 nitrogen and oxygen atoms in total. The summed E-state index contributed by atoms with van der Waals surface area (Å²) >= 11 is 2.22. The molecule has 0 atom stereocenters. The third-order valence-electron chi connectivity index (χ3n) is 3.70. The van der Waals surface area contributed by atoms with Crippen LogP contribution in [-0.2, 0) is 0 Å². The molecule has 2 aromatic rings. The normalized spacial score (nSPS) is 13.6. The lowest BCUT2D eigenvalue weighted by molar-refractivity contribution is 0.0978. The van der Waals surface area contributed by atoms with Crippen LogP contribution in [0.1, 0.15) is 34.6 Å².